The zero-order chi connectivity index (χ0) is 23.3. The smallest absolute Gasteiger partial charge is 0.242 e. The molecule has 3 rings (SSSR count). The Balaban J connectivity index is 1.45. The van der Waals surface area contributed by atoms with Crippen molar-refractivity contribution in [3.63, 3.8) is 0 Å². The maximum atomic E-state index is 12.5. The maximum Gasteiger partial charge on any atom is 0.242 e. The summed E-state index contributed by atoms with van der Waals surface area (Å²) in [6.45, 7) is 1.58. The van der Waals surface area contributed by atoms with E-state index in [9.17, 15) is 13.5 Å². The summed E-state index contributed by atoms with van der Waals surface area (Å²) in [6, 6.07) is 11.0. The summed E-state index contributed by atoms with van der Waals surface area (Å²) in [5.74, 6) is 0.661. The normalized spacial score (nSPS) is 16.5. The van der Waals surface area contributed by atoms with Gasteiger partial charge in [-0.15, -0.1) is 0 Å². The summed E-state index contributed by atoms with van der Waals surface area (Å²) in [5.41, 5.74) is 0.264. The largest absolute Gasteiger partial charge is 0.490 e. The highest BCUT2D eigenvalue weighted by Crippen LogP contribution is 2.28. The average molecular weight is 519 g/mol. The Labute approximate surface area is 202 Å². The van der Waals surface area contributed by atoms with Gasteiger partial charge in [-0.05, 0) is 43.2 Å². The van der Waals surface area contributed by atoms with Crippen LogP contribution in [0, 0.1) is 11.3 Å². The van der Waals surface area contributed by atoms with Crippen LogP contribution in [0.25, 0.3) is 0 Å². The van der Waals surface area contributed by atoms with Crippen molar-refractivity contribution >= 4 is 44.8 Å². The number of ether oxygens (including phenoxy) is 1. The molecule has 0 saturated carbocycles. The third-order valence-corrected chi connectivity index (χ3v) is 7.70. The fourth-order valence-electron chi connectivity index (χ4n) is 3.39. The number of benzene rings is 2. The third-order valence-electron chi connectivity index (χ3n) is 5.06. The van der Waals surface area contributed by atoms with Crippen LogP contribution in [0.5, 0.6) is 5.75 Å². The molecular formula is C21H22Cl3N3O4S. The quantitative estimate of drug-likeness (QED) is 0.552. The number of β-amino-alcohol motifs (C(OH)–C–C–N with tert-alkyl or cyclic N) is 1. The van der Waals surface area contributed by atoms with Gasteiger partial charge in [-0.25, -0.2) is 13.1 Å². The van der Waals surface area contributed by atoms with Crippen molar-refractivity contribution in [2.45, 2.75) is 29.9 Å². The van der Waals surface area contributed by atoms with E-state index < -0.39 is 16.1 Å². The van der Waals surface area contributed by atoms with Gasteiger partial charge in [-0.1, -0.05) is 34.8 Å². The van der Waals surface area contributed by atoms with Crippen LogP contribution in [0.1, 0.15) is 18.4 Å². The summed E-state index contributed by atoms with van der Waals surface area (Å²) in [5, 5.41) is 20.1. The Morgan fingerprint density at radius 2 is 1.84 bits per heavy atom. The molecule has 11 heteroatoms. The number of halogens is 3. The molecule has 1 saturated heterocycles. The molecule has 1 atom stereocenters. The molecule has 32 heavy (non-hydrogen) atoms. The van der Waals surface area contributed by atoms with Crippen molar-refractivity contribution in [2.75, 3.05) is 26.2 Å². The van der Waals surface area contributed by atoms with Gasteiger partial charge in [0.25, 0.3) is 0 Å². The number of hydrogen-bond acceptors (Lipinski definition) is 6. The molecule has 2 aromatic carbocycles. The molecule has 0 unspecified atom stereocenters. The first-order valence-electron chi connectivity index (χ1n) is 9.89. The highest BCUT2D eigenvalue weighted by Gasteiger charge is 2.24. The second-order valence-corrected chi connectivity index (χ2v) is 10.4. The lowest BCUT2D eigenvalue weighted by Gasteiger charge is -2.33. The van der Waals surface area contributed by atoms with Crippen LogP contribution in [0.2, 0.25) is 15.1 Å². The Morgan fingerprint density at radius 1 is 1.12 bits per heavy atom. The summed E-state index contributed by atoms with van der Waals surface area (Å²) >= 11 is 17.9. The molecule has 0 aromatic heterocycles. The van der Waals surface area contributed by atoms with Gasteiger partial charge in [0, 0.05) is 32.2 Å². The van der Waals surface area contributed by atoms with Gasteiger partial charge < -0.3 is 14.7 Å². The number of aliphatic hydroxyl groups is 1. The number of aliphatic hydroxyl groups excluding tert-OH is 1. The number of hydrogen-bond donors (Lipinski definition) is 2. The summed E-state index contributed by atoms with van der Waals surface area (Å²) in [4.78, 5) is 1.92. The molecule has 1 fully saturated rings. The van der Waals surface area contributed by atoms with E-state index in [1.807, 2.05) is 6.07 Å². The van der Waals surface area contributed by atoms with Crippen molar-refractivity contribution in [3.05, 3.63) is 57.0 Å². The SMILES string of the molecule is N#Cc1ccc(S(=O)(=O)NC[C@@H](O)CN2CCC(Oc3ccc(Cl)c(Cl)c3)CC2)c(Cl)c1. The molecule has 0 spiro atoms. The van der Waals surface area contributed by atoms with Crippen LogP contribution in [0.15, 0.2) is 41.3 Å². The van der Waals surface area contributed by atoms with Crippen molar-refractivity contribution in [1.82, 2.24) is 9.62 Å². The van der Waals surface area contributed by atoms with Crippen LogP contribution >= 0.6 is 34.8 Å². The number of likely N-dealkylation sites (tertiary alicyclic amines) is 1. The maximum absolute atomic E-state index is 12.5. The van der Waals surface area contributed by atoms with E-state index in [2.05, 4.69) is 9.62 Å². The first kappa shape index (κ1) is 25.1. The second-order valence-electron chi connectivity index (χ2n) is 7.46. The summed E-state index contributed by atoms with van der Waals surface area (Å²) in [7, 11) is -3.91. The highest BCUT2D eigenvalue weighted by atomic mass is 35.5. The lowest BCUT2D eigenvalue weighted by atomic mass is 10.1. The van der Waals surface area contributed by atoms with E-state index >= 15 is 0 Å². The van der Waals surface area contributed by atoms with Gasteiger partial charge in [0.05, 0.1) is 32.8 Å². The molecule has 2 aromatic rings. The molecule has 1 aliphatic heterocycles. The third kappa shape index (κ3) is 6.72. The van der Waals surface area contributed by atoms with E-state index in [1.54, 1.807) is 18.2 Å². The van der Waals surface area contributed by atoms with Gasteiger partial charge in [-0.3, -0.25) is 0 Å². The van der Waals surface area contributed by atoms with Crippen molar-refractivity contribution in [2.24, 2.45) is 0 Å². The molecule has 0 aliphatic carbocycles. The first-order valence-corrected chi connectivity index (χ1v) is 12.5. The van der Waals surface area contributed by atoms with E-state index in [1.165, 1.54) is 18.2 Å². The molecule has 0 bridgehead atoms. The fraction of sp³-hybridized carbons (Fsp3) is 0.381. The van der Waals surface area contributed by atoms with Gasteiger partial charge in [0.1, 0.15) is 16.7 Å². The number of piperidine rings is 1. The van der Waals surface area contributed by atoms with Gasteiger partial charge in [0.15, 0.2) is 0 Å². The number of sulfonamides is 1. The molecule has 172 valence electrons. The minimum Gasteiger partial charge on any atom is -0.490 e. The van der Waals surface area contributed by atoms with Crippen LogP contribution in [0.4, 0.5) is 0 Å². The molecule has 1 aliphatic rings. The summed E-state index contributed by atoms with van der Waals surface area (Å²) in [6.07, 6.45) is 0.658. The van der Waals surface area contributed by atoms with E-state index in [0.717, 1.165) is 12.8 Å². The Morgan fingerprint density at radius 3 is 2.47 bits per heavy atom. The van der Waals surface area contributed by atoms with Crippen molar-refractivity contribution in [1.29, 1.82) is 5.26 Å². The van der Waals surface area contributed by atoms with Crippen molar-refractivity contribution in [3.8, 4) is 11.8 Å². The molecular weight excluding hydrogens is 497 g/mol. The van der Waals surface area contributed by atoms with Crippen molar-refractivity contribution < 1.29 is 18.3 Å². The minimum absolute atomic E-state index is 0.0256. The van der Waals surface area contributed by atoms with E-state index in [-0.39, 0.29) is 28.1 Å². The second kappa shape index (κ2) is 11.0. The summed E-state index contributed by atoms with van der Waals surface area (Å²) < 4.78 is 33.3. The molecule has 2 N–H and O–H groups in total. The Hall–Kier alpha value is -1.57. The molecule has 7 nitrogen and oxygen atoms in total. The minimum atomic E-state index is -3.91. The predicted molar refractivity (Wildman–Crippen MR) is 124 cm³/mol. The molecule has 0 amide bonds. The number of nitrogens with zero attached hydrogens (tertiary/aromatic N) is 2. The lowest BCUT2D eigenvalue weighted by Crippen LogP contribution is -2.45. The zero-order valence-corrected chi connectivity index (χ0v) is 20.1. The van der Waals surface area contributed by atoms with E-state index in [4.69, 9.17) is 44.8 Å². The number of nitriles is 1. The van der Waals surface area contributed by atoms with Crippen LogP contribution < -0.4 is 9.46 Å². The van der Waals surface area contributed by atoms with E-state index in [0.29, 0.717) is 35.4 Å². The fourth-order valence-corrected chi connectivity index (χ4v) is 5.29. The topological polar surface area (TPSA) is 103 Å². The Bertz CT molecular complexity index is 1100. The standard InChI is InChI=1S/C21H22Cl3N3O4S/c22-18-3-2-17(10-19(18)23)31-16-5-7-27(8-6-16)13-15(28)12-26-32(29,30)21-4-1-14(11-25)9-20(21)24/h1-4,9-10,15-16,26,28H,5-8,12-13H2/t15-/m1/s1. The molecule has 1 heterocycles. The number of nitrogens with one attached hydrogen (secondary N) is 1. The molecule has 0 radical (unpaired) electrons. The highest BCUT2D eigenvalue weighted by molar-refractivity contribution is 7.89. The lowest BCUT2D eigenvalue weighted by molar-refractivity contribution is 0.0630. The van der Waals surface area contributed by atoms with Gasteiger partial charge in [-0.2, -0.15) is 5.26 Å². The van der Waals surface area contributed by atoms with Crippen LogP contribution in [-0.4, -0.2) is 56.8 Å². The monoisotopic (exact) mass is 517 g/mol. The predicted octanol–water partition coefficient (Wildman–Crippen LogP) is 3.70. The number of rotatable bonds is 8. The first-order chi connectivity index (χ1) is 15.2. The van der Waals surface area contributed by atoms with Gasteiger partial charge in [0.2, 0.25) is 10.0 Å². The van der Waals surface area contributed by atoms with Crippen LogP contribution in [-0.2, 0) is 10.0 Å². The van der Waals surface area contributed by atoms with Crippen LogP contribution in [0.3, 0.4) is 0 Å². The average Bonchev–Trinajstić information content (AvgIpc) is 2.76. The Kier molecular flexibility index (Phi) is 8.64. The van der Waals surface area contributed by atoms with Gasteiger partial charge >= 0.3 is 0 Å². The zero-order valence-electron chi connectivity index (χ0n) is 17.0.